The predicted octanol–water partition coefficient (Wildman–Crippen LogP) is 4.05. The zero-order valence-electron chi connectivity index (χ0n) is 10.5. The third-order valence-corrected chi connectivity index (χ3v) is 2.76. The molecule has 3 rings (SSSR count). The van der Waals surface area contributed by atoms with Crippen molar-refractivity contribution in [3.8, 4) is 11.4 Å². The fourth-order valence-electron chi connectivity index (χ4n) is 1.75. The van der Waals surface area contributed by atoms with E-state index >= 15 is 0 Å². The van der Waals surface area contributed by atoms with Gasteiger partial charge >= 0.3 is 0 Å². The topological polar surface area (TPSA) is 38.9 Å². The molecule has 0 spiro atoms. The highest BCUT2D eigenvalue weighted by atomic mass is 19.1. The fraction of sp³-hybridized carbons (Fsp3) is 0. The SMILES string of the molecule is Fc1ccc(/C=C/c2nc(-c3ccccc3)no2)cc1. The van der Waals surface area contributed by atoms with Gasteiger partial charge in [0.25, 0.3) is 5.89 Å². The molecule has 1 heterocycles. The Hall–Kier alpha value is -2.75. The van der Waals surface area contributed by atoms with E-state index in [4.69, 9.17) is 4.52 Å². The molecule has 0 atom stereocenters. The molecule has 3 aromatic rings. The second-order valence-electron chi connectivity index (χ2n) is 4.21. The number of rotatable bonds is 3. The molecule has 0 amide bonds. The molecule has 0 saturated heterocycles. The molecule has 0 aliphatic carbocycles. The van der Waals surface area contributed by atoms with E-state index in [1.165, 1.54) is 12.1 Å². The molecule has 98 valence electrons. The molecule has 0 saturated carbocycles. The maximum atomic E-state index is 12.8. The summed E-state index contributed by atoms with van der Waals surface area (Å²) in [5.41, 5.74) is 1.77. The smallest absolute Gasteiger partial charge is 0.250 e. The molecule has 0 N–H and O–H groups in total. The monoisotopic (exact) mass is 266 g/mol. The standard InChI is InChI=1S/C16H11FN2O/c17-14-9-6-12(7-10-14)8-11-15-18-16(19-20-15)13-4-2-1-3-5-13/h1-11H/b11-8+. The number of hydrogen-bond acceptors (Lipinski definition) is 3. The lowest BCUT2D eigenvalue weighted by molar-refractivity contribution is 0.411. The highest BCUT2D eigenvalue weighted by Gasteiger charge is 2.05. The van der Waals surface area contributed by atoms with E-state index in [1.54, 1.807) is 24.3 Å². The summed E-state index contributed by atoms with van der Waals surface area (Å²) in [4.78, 5) is 4.27. The predicted molar refractivity (Wildman–Crippen MR) is 75.1 cm³/mol. The molecule has 3 nitrogen and oxygen atoms in total. The van der Waals surface area contributed by atoms with Crippen molar-refractivity contribution in [1.82, 2.24) is 10.1 Å². The van der Waals surface area contributed by atoms with E-state index in [1.807, 2.05) is 30.3 Å². The molecule has 2 aromatic carbocycles. The molecule has 0 unspecified atom stereocenters. The number of benzene rings is 2. The van der Waals surface area contributed by atoms with Crippen molar-refractivity contribution in [2.75, 3.05) is 0 Å². The highest BCUT2D eigenvalue weighted by molar-refractivity contribution is 5.66. The van der Waals surface area contributed by atoms with Crippen molar-refractivity contribution in [2.24, 2.45) is 0 Å². The van der Waals surface area contributed by atoms with Gasteiger partial charge in [-0.3, -0.25) is 0 Å². The quantitative estimate of drug-likeness (QED) is 0.718. The van der Waals surface area contributed by atoms with Gasteiger partial charge in [0, 0.05) is 11.6 Å². The van der Waals surface area contributed by atoms with E-state index in [0.717, 1.165) is 11.1 Å². The fourth-order valence-corrected chi connectivity index (χ4v) is 1.75. The number of nitrogens with zero attached hydrogens (tertiary/aromatic N) is 2. The van der Waals surface area contributed by atoms with Crippen LogP contribution in [0.4, 0.5) is 4.39 Å². The molecule has 0 bridgehead atoms. The largest absolute Gasteiger partial charge is 0.334 e. The second-order valence-corrected chi connectivity index (χ2v) is 4.21. The van der Waals surface area contributed by atoms with Crippen LogP contribution in [0.1, 0.15) is 11.5 Å². The lowest BCUT2D eigenvalue weighted by Gasteiger charge is -1.91. The molecule has 20 heavy (non-hydrogen) atoms. The van der Waals surface area contributed by atoms with Gasteiger partial charge in [-0.05, 0) is 23.8 Å². The van der Waals surface area contributed by atoms with Gasteiger partial charge in [0.05, 0.1) is 0 Å². The van der Waals surface area contributed by atoms with Crippen molar-refractivity contribution in [2.45, 2.75) is 0 Å². The van der Waals surface area contributed by atoms with Crippen molar-refractivity contribution in [1.29, 1.82) is 0 Å². The molecule has 4 heteroatoms. The Kier molecular flexibility index (Phi) is 3.37. The van der Waals surface area contributed by atoms with Crippen LogP contribution in [0.25, 0.3) is 23.5 Å². The van der Waals surface area contributed by atoms with E-state index < -0.39 is 0 Å². The Balaban J connectivity index is 1.79. The first-order valence-electron chi connectivity index (χ1n) is 6.14. The Morgan fingerprint density at radius 2 is 1.65 bits per heavy atom. The summed E-state index contributed by atoms with van der Waals surface area (Å²) in [5.74, 6) is 0.698. The third kappa shape index (κ3) is 2.80. The zero-order valence-corrected chi connectivity index (χ0v) is 10.5. The first-order valence-corrected chi connectivity index (χ1v) is 6.14. The number of hydrogen-bond donors (Lipinski definition) is 0. The van der Waals surface area contributed by atoms with Crippen molar-refractivity contribution in [3.63, 3.8) is 0 Å². The van der Waals surface area contributed by atoms with Gasteiger partial charge in [-0.15, -0.1) is 0 Å². The Bertz CT molecular complexity index is 718. The van der Waals surface area contributed by atoms with Crippen LogP contribution in [0, 0.1) is 5.82 Å². The lowest BCUT2D eigenvalue weighted by Crippen LogP contribution is -1.79. The number of halogens is 1. The van der Waals surface area contributed by atoms with Gasteiger partial charge in [0.2, 0.25) is 5.82 Å². The second kappa shape index (κ2) is 5.48. The summed E-state index contributed by atoms with van der Waals surface area (Å²) < 4.78 is 17.9. The molecule has 1 aromatic heterocycles. The van der Waals surface area contributed by atoms with Crippen LogP contribution in [-0.2, 0) is 0 Å². The summed E-state index contributed by atoms with van der Waals surface area (Å²) in [5, 5.41) is 3.92. The average molecular weight is 266 g/mol. The summed E-state index contributed by atoms with van der Waals surface area (Å²) in [6, 6.07) is 15.8. The van der Waals surface area contributed by atoms with Crippen LogP contribution in [0.5, 0.6) is 0 Å². The normalized spacial score (nSPS) is 11.1. The van der Waals surface area contributed by atoms with E-state index in [2.05, 4.69) is 10.1 Å². The maximum absolute atomic E-state index is 12.8. The van der Waals surface area contributed by atoms with Crippen molar-refractivity contribution in [3.05, 3.63) is 71.9 Å². The van der Waals surface area contributed by atoms with E-state index in [-0.39, 0.29) is 5.82 Å². The Morgan fingerprint density at radius 1 is 0.900 bits per heavy atom. The third-order valence-electron chi connectivity index (χ3n) is 2.76. The van der Waals surface area contributed by atoms with Gasteiger partial charge in [-0.1, -0.05) is 47.6 Å². The highest BCUT2D eigenvalue weighted by Crippen LogP contribution is 2.16. The van der Waals surface area contributed by atoms with Gasteiger partial charge < -0.3 is 4.52 Å². The van der Waals surface area contributed by atoms with Crippen molar-refractivity contribution >= 4 is 12.2 Å². The first-order chi connectivity index (χ1) is 9.81. The summed E-state index contributed by atoms with van der Waals surface area (Å²) in [7, 11) is 0. The minimum absolute atomic E-state index is 0.258. The molecule has 0 radical (unpaired) electrons. The molecule has 0 aliphatic heterocycles. The molecular weight excluding hydrogens is 255 g/mol. The maximum Gasteiger partial charge on any atom is 0.250 e. The minimum atomic E-state index is -0.258. The lowest BCUT2D eigenvalue weighted by atomic mass is 10.2. The van der Waals surface area contributed by atoms with Gasteiger partial charge in [0.15, 0.2) is 0 Å². The van der Waals surface area contributed by atoms with Crippen LogP contribution in [0.3, 0.4) is 0 Å². The van der Waals surface area contributed by atoms with Crippen LogP contribution >= 0.6 is 0 Å². The summed E-state index contributed by atoms with van der Waals surface area (Å²) in [6.07, 6.45) is 3.49. The Labute approximate surface area is 115 Å². The van der Waals surface area contributed by atoms with Gasteiger partial charge in [0.1, 0.15) is 5.82 Å². The van der Waals surface area contributed by atoms with Crippen molar-refractivity contribution < 1.29 is 8.91 Å². The van der Waals surface area contributed by atoms with Gasteiger partial charge in [-0.25, -0.2) is 4.39 Å². The minimum Gasteiger partial charge on any atom is -0.334 e. The zero-order chi connectivity index (χ0) is 13.8. The van der Waals surface area contributed by atoms with Crippen LogP contribution < -0.4 is 0 Å². The average Bonchev–Trinajstić information content (AvgIpc) is 2.97. The number of aromatic nitrogens is 2. The summed E-state index contributed by atoms with van der Waals surface area (Å²) >= 11 is 0. The van der Waals surface area contributed by atoms with Gasteiger partial charge in [-0.2, -0.15) is 4.98 Å². The molecular formula is C16H11FN2O. The van der Waals surface area contributed by atoms with E-state index in [0.29, 0.717) is 11.7 Å². The van der Waals surface area contributed by atoms with Crippen LogP contribution in [0.2, 0.25) is 0 Å². The molecule has 0 fully saturated rings. The molecule has 0 aliphatic rings. The van der Waals surface area contributed by atoms with Crippen LogP contribution in [-0.4, -0.2) is 10.1 Å². The summed E-state index contributed by atoms with van der Waals surface area (Å²) in [6.45, 7) is 0. The first kappa shape index (κ1) is 12.3. The van der Waals surface area contributed by atoms with Crippen LogP contribution in [0.15, 0.2) is 59.1 Å². The Morgan fingerprint density at radius 3 is 2.40 bits per heavy atom. The van der Waals surface area contributed by atoms with E-state index in [9.17, 15) is 4.39 Å².